The number of ether oxygens (including phenoxy) is 1. The van der Waals surface area contributed by atoms with E-state index in [0.29, 0.717) is 5.92 Å². The fraction of sp³-hybridized carbons (Fsp3) is 0.611. The zero-order chi connectivity index (χ0) is 15.7. The van der Waals surface area contributed by atoms with Crippen LogP contribution >= 0.6 is 0 Å². The molecule has 2 saturated heterocycles. The molecule has 2 heterocycles. The molecular weight excluding hydrogens is 276 g/mol. The average Bonchev–Trinajstić information content (AvgIpc) is 2.91. The summed E-state index contributed by atoms with van der Waals surface area (Å²) in [6.45, 7) is 5.18. The van der Waals surface area contributed by atoms with Crippen LogP contribution in [0.3, 0.4) is 0 Å². The molecule has 3 atom stereocenters. The summed E-state index contributed by atoms with van der Waals surface area (Å²) in [4.78, 5) is 16.2. The van der Waals surface area contributed by atoms with Gasteiger partial charge in [-0.05, 0) is 43.4 Å². The highest BCUT2D eigenvalue weighted by molar-refractivity contribution is 5.80. The first-order valence-electron chi connectivity index (χ1n) is 8.18. The Morgan fingerprint density at radius 2 is 2.14 bits per heavy atom. The highest BCUT2D eigenvalue weighted by atomic mass is 16.5. The van der Waals surface area contributed by atoms with Crippen molar-refractivity contribution < 1.29 is 9.53 Å². The Morgan fingerprint density at radius 1 is 1.36 bits per heavy atom. The van der Waals surface area contributed by atoms with Crippen molar-refractivity contribution in [2.75, 3.05) is 27.2 Å². The predicted octanol–water partition coefficient (Wildman–Crippen LogP) is 2.06. The van der Waals surface area contributed by atoms with E-state index < -0.39 is 0 Å². The van der Waals surface area contributed by atoms with Gasteiger partial charge in [0.05, 0.1) is 6.10 Å². The van der Waals surface area contributed by atoms with Crippen LogP contribution in [0.25, 0.3) is 0 Å². The van der Waals surface area contributed by atoms with Gasteiger partial charge in [0.1, 0.15) is 6.10 Å². The molecule has 0 bridgehead atoms. The average molecular weight is 302 g/mol. The first-order chi connectivity index (χ1) is 10.5. The van der Waals surface area contributed by atoms with Crippen molar-refractivity contribution in [1.29, 1.82) is 0 Å². The lowest BCUT2D eigenvalue weighted by molar-refractivity contribution is -0.141. The molecular formula is C18H26N2O2. The number of likely N-dealkylation sites (N-methyl/N-ethyl adjacent to an activating group) is 1. The van der Waals surface area contributed by atoms with Crippen LogP contribution in [0.1, 0.15) is 24.0 Å². The van der Waals surface area contributed by atoms with Crippen molar-refractivity contribution in [3.05, 3.63) is 35.4 Å². The molecule has 4 heteroatoms. The monoisotopic (exact) mass is 302 g/mol. The SMILES string of the molecule is Cc1ccccc1CN1CC[C@@H]2C[C@@H](C(=O)N(C)C)O[C@H]2C1. The molecule has 0 N–H and O–H groups in total. The molecule has 120 valence electrons. The first kappa shape index (κ1) is 15.5. The number of aryl methyl sites for hydroxylation is 1. The minimum Gasteiger partial charge on any atom is -0.364 e. The minimum atomic E-state index is -0.233. The normalized spacial score (nSPS) is 28.4. The Balaban J connectivity index is 1.60. The lowest BCUT2D eigenvalue weighted by Gasteiger charge is -2.34. The Morgan fingerprint density at radius 3 is 2.86 bits per heavy atom. The number of hydrogen-bond donors (Lipinski definition) is 0. The maximum atomic E-state index is 12.1. The van der Waals surface area contributed by atoms with Crippen molar-refractivity contribution >= 4 is 5.91 Å². The Labute approximate surface area is 133 Å². The van der Waals surface area contributed by atoms with Crippen molar-refractivity contribution in [1.82, 2.24) is 9.80 Å². The van der Waals surface area contributed by atoms with Gasteiger partial charge in [-0.3, -0.25) is 9.69 Å². The van der Waals surface area contributed by atoms with Crippen LogP contribution in [0.5, 0.6) is 0 Å². The van der Waals surface area contributed by atoms with Gasteiger partial charge in [-0.1, -0.05) is 24.3 Å². The number of nitrogens with zero attached hydrogens (tertiary/aromatic N) is 2. The van der Waals surface area contributed by atoms with Gasteiger partial charge in [-0.15, -0.1) is 0 Å². The van der Waals surface area contributed by atoms with E-state index in [9.17, 15) is 4.79 Å². The van der Waals surface area contributed by atoms with Crippen LogP contribution < -0.4 is 0 Å². The summed E-state index contributed by atoms with van der Waals surface area (Å²) in [6, 6.07) is 8.56. The summed E-state index contributed by atoms with van der Waals surface area (Å²) in [5, 5.41) is 0. The highest BCUT2D eigenvalue weighted by Crippen LogP contribution is 2.34. The number of carbonyl (C=O) groups excluding carboxylic acids is 1. The molecule has 2 aliphatic heterocycles. The van der Waals surface area contributed by atoms with Gasteiger partial charge in [-0.25, -0.2) is 0 Å². The third-order valence-electron chi connectivity index (χ3n) is 5.01. The second kappa shape index (κ2) is 6.39. The second-order valence-electron chi connectivity index (χ2n) is 6.84. The molecule has 0 radical (unpaired) electrons. The zero-order valence-corrected chi connectivity index (χ0v) is 13.8. The second-order valence-corrected chi connectivity index (χ2v) is 6.84. The molecule has 0 unspecified atom stereocenters. The number of likely N-dealkylation sites (tertiary alicyclic amines) is 1. The summed E-state index contributed by atoms with van der Waals surface area (Å²) in [5.41, 5.74) is 2.73. The number of hydrogen-bond acceptors (Lipinski definition) is 3. The fourth-order valence-corrected chi connectivity index (χ4v) is 3.61. The quantitative estimate of drug-likeness (QED) is 0.857. The van der Waals surface area contributed by atoms with Gasteiger partial charge in [0.15, 0.2) is 0 Å². The number of rotatable bonds is 3. The molecule has 1 amide bonds. The van der Waals surface area contributed by atoms with E-state index in [1.165, 1.54) is 11.1 Å². The molecule has 1 aromatic carbocycles. The predicted molar refractivity (Wildman–Crippen MR) is 86.5 cm³/mol. The number of benzene rings is 1. The van der Waals surface area contributed by atoms with E-state index in [1.807, 2.05) is 0 Å². The largest absolute Gasteiger partial charge is 0.364 e. The van der Waals surface area contributed by atoms with Gasteiger partial charge in [0.25, 0.3) is 5.91 Å². The third kappa shape index (κ3) is 3.18. The van der Waals surface area contributed by atoms with E-state index in [4.69, 9.17) is 4.74 Å². The summed E-state index contributed by atoms with van der Waals surface area (Å²) in [7, 11) is 3.61. The van der Waals surface area contributed by atoms with Crippen molar-refractivity contribution in [2.45, 2.75) is 38.5 Å². The number of piperidine rings is 1. The van der Waals surface area contributed by atoms with Crippen LogP contribution in [0.2, 0.25) is 0 Å². The van der Waals surface area contributed by atoms with E-state index in [1.54, 1.807) is 19.0 Å². The maximum Gasteiger partial charge on any atom is 0.251 e. The number of carbonyl (C=O) groups is 1. The molecule has 22 heavy (non-hydrogen) atoms. The van der Waals surface area contributed by atoms with Gasteiger partial charge in [-0.2, -0.15) is 0 Å². The van der Waals surface area contributed by atoms with Crippen molar-refractivity contribution in [2.24, 2.45) is 5.92 Å². The van der Waals surface area contributed by atoms with E-state index in [0.717, 1.165) is 32.5 Å². The molecule has 0 aromatic heterocycles. The molecule has 4 nitrogen and oxygen atoms in total. The van der Waals surface area contributed by atoms with Crippen molar-refractivity contribution in [3.63, 3.8) is 0 Å². The Kier molecular flexibility index (Phi) is 4.50. The summed E-state index contributed by atoms with van der Waals surface area (Å²) in [5.74, 6) is 0.655. The minimum absolute atomic E-state index is 0.111. The van der Waals surface area contributed by atoms with Crippen LogP contribution in [0.15, 0.2) is 24.3 Å². The van der Waals surface area contributed by atoms with Crippen LogP contribution in [0.4, 0.5) is 0 Å². The molecule has 0 aliphatic carbocycles. The molecule has 0 spiro atoms. The smallest absolute Gasteiger partial charge is 0.251 e. The summed E-state index contributed by atoms with van der Waals surface area (Å²) >= 11 is 0. The van der Waals surface area contributed by atoms with Crippen molar-refractivity contribution in [3.8, 4) is 0 Å². The van der Waals surface area contributed by atoms with Gasteiger partial charge < -0.3 is 9.64 Å². The highest BCUT2D eigenvalue weighted by Gasteiger charge is 2.42. The molecule has 2 aliphatic rings. The zero-order valence-electron chi connectivity index (χ0n) is 13.8. The van der Waals surface area contributed by atoms with Gasteiger partial charge in [0, 0.05) is 27.2 Å². The van der Waals surface area contributed by atoms with E-state index in [-0.39, 0.29) is 18.1 Å². The van der Waals surface area contributed by atoms with Gasteiger partial charge in [0.2, 0.25) is 0 Å². The van der Waals surface area contributed by atoms with E-state index in [2.05, 4.69) is 36.1 Å². The van der Waals surface area contributed by atoms with E-state index >= 15 is 0 Å². The maximum absolute atomic E-state index is 12.1. The summed E-state index contributed by atoms with van der Waals surface area (Å²) < 4.78 is 6.05. The summed E-state index contributed by atoms with van der Waals surface area (Å²) in [6.07, 6.45) is 2.00. The number of fused-ring (bicyclic) bond motifs is 1. The van der Waals surface area contributed by atoms with Crippen LogP contribution in [-0.2, 0) is 16.1 Å². The lowest BCUT2D eigenvalue weighted by Crippen LogP contribution is -2.42. The Bertz CT molecular complexity index is 544. The molecule has 0 saturated carbocycles. The lowest BCUT2D eigenvalue weighted by atomic mass is 9.91. The third-order valence-corrected chi connectivity index (χ3v) is 5.01. The number of amides is 1. The molecule has 2 fully saturated rings. The molecule has 3 rings (SSSR count). The first-order valence-corrected chi connectivity index (χ1v) is 8.18. The fourth-order valence-electron chi connectivity index (χ4n) is 3.61. The van der Waals surface area contributed by atoms with Crippen LogP contribution in [0, 0.1) is 12.8 Å². The van der Waals surface area contributed by atoms with Crippen LogP contribution in [-0.4, -0.2) is 55.1 Å². The topological polar surface area (TPSA) is 32.8 Å². The van der Waals surface area contributed by atoms with Gasteiger partial charge >= 0.3 is 0 Å². The Hall–Kier alpha value is -1.39. The molecule has 1 aromatic rings. The standard InChI is InChI=1S/C18H26N2O2/c1-13-6-4-5-7-15(13)11-20-9-8-14-10-16(18(21)19(2)3)22-17(14)12-20/h4-7,14,16-17H,8-12H2,1-3H3/t14-,16+,17+/m1/s1.